The Kier molecular flexibility index (Phi) is 4.14. The van der Waals surface area contributed by atoms with Crippen LogP contribution in [0, 0.1) is 0 Å². The van der Waals surface area contributed by atoms with Gasteiger partial charge in [-0.1, -0.05) is 42.5 Å². The molecule has 0 unspecified atom stereocenters. The molecule has 0 radical (unpaired) electrons. The Balaban J connectivity index is 1.59. The molecule has 4 rings (SSSR count). The molecule has 4 aromatic rings. The van der Waals surface area contributed by atoms with Crippen LogP contribution in [0.25, 0.3) is 10.2 Å². The average molecular weight is 346 g/mol. The van der Waals surface area contributed by atoms with E-state index in [1.54, 1.807) is 0 Å². The average Bonchev–Trinajstić information content (AvgIpc) is 3.09. The van der Waals surface area contributed by atoms with Gasteiger partial charge in [-0.2, -0.15) is 0 Å². The van der Waals surface area contributed by atoms with Crippen LogP contribution in [0.15, 0.2) is 78.9 Å². The van der Waals surface area contributed by atoms with Gasteiger partial charge in [0.05, 0.1) is 15.9 Å². The highest BCUT2D eigenvalue weighted by atomic mass is 32.1. The summed E-state index contributed by atoms with van der Waals surface area (Å²) in [6, 6.07) is 24.5. The molecule has 0 bridgehead atoms. The van der Waals surface area contributed by atoms with Crippen LogP contribution < -0.4 is 10.1 Å². The number of aromatic nitrogens is 1. The van der Waals surface area contributed by atoms with Crippen molar-refractivity contribution in [3.8, 4) is 11.5 Å². The van der Waals surface area contributed by atoms with Crippen LogP contribution in [0.3, 0.4) is 0 Å². The number of nitrogens with zero attached hydrogens (tertiary/aromatic N) is 1. The molecule has 0 spiro atoms. The number of ether oxygens (including phenoxy) is 1. The highest BCUT2D eigenvalue weighted by molar-refractivity contribution is 7.20. The third kappa shape index (κ3) is 3.36. The lowest BCUT2D eigenvalue weighted by molar-refractivity contribution is 0.102. The summed E-state index contributed by atoms with van der Waals surface area (Å²) < 4.78 is 6.86. The Hall–Kier alpha value is -3.18. The van der Waals surface area contributed by atoms with Crippen LogP contribution in [0.5, 0.6) is 11.5 Å². The number of nitrogens with one attached hydrogen (secondary N) is 1. The molecule has 0 atom stereocenters. The van der Waals surface area contributed by atoms with Crippen molar-refractivity contribution in [3.63, 3.8) is 0 Å². The molecule has 0 aliphatic heterocycles. The molecule has 1 amide bonds. The maximum atomic E-state index is 12.6. The maximum Gasteiger partial charge on any atom is 0.284 e. The van der Waals surface area contributed by atoms with E-state index in [1.165, 1.54) is 11.3 Å². The number of anilines is 1. The van der Waals surface area contributed by atoms with Crippen LogP contribution in [0.4, 0.5) is 5.69 Å². The lowest BCUT2D eigenvalue weighted by atomic mass is 10.3. The number of fused-ring (bicyclic) bond motifs is 1. The van der Waals surface area contributed by atoms with E-state index in [0.29, 0.717) is 22.2 Å². The Labute approximate surface area is 148 Å². The number of thiazole rings is 1. The van der Waals surface area contributed by atoms with Crippen molar-refractivity contribution in [2.45, 2.75) is 0 Å². The Morgan fingerprint density at radius 2 is 1.60 bits per heavy atom. The summed E-state index contributed by atoms with van der Waals surface area (Å²) in [6.45, 7) is 0. The molecule has 1 aromatic heterocycles. The minimum Gasteiger partial charge on any atom is -0.455 e. The summed E-state index contributed by atoms with van der Waals surface area (Å²) >= 11 is 1.37. The second kappa shape index (κ2) is 6.75. The normalized spacial score (nSPS) is 10.6. The topological polar surface area (TPSA) is 51.2 Å². The molecule has 5 heteroatoms. The van der Waals surface area contributed by atoms with Crippen LogP contribution in [0.2, 0.25) is 0 Å². The summed E-state index contributed by atoms with van der Waals surface area (Å²) in [6.07, 6.45) is 0. The highest BCUT2D eigenvalue weighted by Crippen LogP contribution is 2.30. The first kappa shape index (κ1) is 15.4. The Morgan fingerprint density at radius 1 is 0.880 bits per heavy atom. The maximum absolute atomic E-state index is 12.6. The third-order valence-corrected chi connectivity index (χ3v) is 4.63. The second-order valence-corrected chi connectivity index (χ2v) is 6.38. The number of carbonyl (C=O) groups is 1. The number of hydrogen-bond donors (Lipinski definition) is 1. The molecule has 0 saturated carbocycles. The van der Waals surface area contributed by atoms with Gasteiger partial charge >= 0.3 is 0 Å². The van der Waals surface area contributed by atoms with Crippen molar-refractivity contribution < 1.29 is 9.53 Å². The van der Waals surface area contributed by atoms with Crippen molar-refractivity contribution >= 4 is 33.1 Å². The number of rotatable bonds is 4. The summed E-state index contributed by atoms with van der Waals surface area (Å²) in [7, 11) is 0. The molecule has 1 heterocycles. The summed E-state index contributed by atoms with van der Waals surface area (Å²) in [4.78, 5) is 17.0. The molecule has 0 aliphatic rings. The molecule has 1 N–H and O–H groups in total. The predicted molar refractivity (Wildman–Crippen MR) is 101 cm³/mol. The van der Waals surface area contributed by atoms with E-state index in [2.05, 4.69) is 10.3 Å². The van der Waals surface area contributed by atoms with Gasteiger partial charge in [-0.15, -0.1) is 11.3 Å². The van der Waals surface area contributed by atoms with Crippen molar-refractivity contribution in [1.82, 2.24) is 4.98 Å². The molecule has 0 aliphatic carbocycles. The largest absolute Gasteiger partial charge is 0.455 e. The lowest BCUT2D eigenvalue weighted by Gasteiger charge is -2.11. The van der Waals surface area contributed by atoms with Crippen molar-refractivity contribution in [1.29, 1.82) is 0 Å². The van der Waals surface area contributed by atoms with Crippen LogP contribution in [-0.4, -0.2) is 10.9 Å². The Bertz CT molecular complexity index is 995. The smallest absolute Gasteiger partial charge is 0.284 e. The van der Waals surface area contributed by atoms with Gasteiger partial charge < -0.3 is 10.1 Å². The first-order valence-electron chi connectivity index (χ1n) is 7.78. The standard InChI is InChI=1S/C20H14N2O2S/c23-19(20-22-16-11-5-7-13-18(16)25-20)21-15-10-4-6-12-17(15)24-14-8-2-1-3-9-14/h1-13H,(H,21,23). The minimum absolute atomic E-state index is 0.245. The van der Waals surface area contributed by atoms with Crippen LogP contribution in [0.1, 0.15) is 9.80 Å². The fourth-order valence-electron chi connectivity index (χ4n) is 2.42. The van der Waals surface area contributed by atoms with Gasteiger partial charge in [-0.25, -0.2) is 4.98 Å². The lowest BCUT2D eigenvalue weighted by Crippen LogP contribution is -2.12. The Morgan fingerprint density at radius 3 is 2.44 bits per heavy atom. The van der Waals surface area contributed by atoms with Gasteiger partial charge in [0.25, 0.3) is 5.91 Å². The monoisotopic (exact) mass is 346 g/mol. The summed E-state index contributed by atoms with van der Waals surface area (Å²) in [5.74, 6) is 1.05. The molecule has 25 heavy (non-hydrogen) atoms. The first-order valence-corrected chi connectivity index (χ1v) is 8.60. The fourth-order valence-corrected chi connectivity index (χ4v) is 3.28. The van der Waals surface area contributed by atoms with Gasteiger partial charge in [-0.05, 0) is 36.4 Å². The second-order valence-electron chi connectivity index (χ2n) is 5.35. The summed E-state index contributed by atoms with van der Waals surface area (Å²) in [5, 5.41) is 3.32. The first-order chi connectivity index (χ1) is 12.3. The minimum atomic E-state index is -0.245. The van der Waals surface area contributed by atoms with Crippen molar-refractivity contribution in [3.05, 3.63) is 83.9 Å². The van der Waals surface area contributed by atoms with E-state index in [1.807, 2.05) is 78.9 Å². The molecule has 0 fully saturated rings. The molecular formula is C20H14N2O2S. The summed E-state index contributed by atoms with van der Waals surface area (Å²) in [5.41, 5.74) is 1.43. The van der Waals surface area contributed by atoms with E-state index in [0.717, 1.165) is 10.2 Å². The van der Waals surface area contributed by atoms with Gasteiger partial charge in [-0.3, -0.25) is 4.79 Å². The van der Waals surface area contributed by atoms with Gasteiger partial charge in [0.15, 0.2) is 10.8 Å². The molecule has 122 valence electrons. The van der Waals surface area contributed by atoms with E-state index < -0.39 is 0 Å². The molecule has 0 saturated heterocycles. The number of hydrogen-bond acceptors (Lipinski definition) is 4. The number of benzene rings is 3. The van der Waals surface area contributed by atoms with Crippen LogP contribution >= 0.6 is 11.3 Å². The number of carbonyl (C=O) groups excluding carboxylic acids is 1. The molecule has 4 nitrogen and oxygen atoms in total. The number of para-hydroxylation sites is 4. The van der Waals surface area contributed by atoms with E-state index in [4.69, 9.17) is 4.74 Å². The van der Waals surface area contributed by atoms with E-state index >= 15 is 0 Å². The van der Waals surface area contributed by atoms with Crippen LogP contribution in [-0.2, 0) is 0 Å². The van der Waals surface area contributed by atoms with E-state index in [-0.39, 0.29) is 5.91 Å². The SMILES string of the molecule is O=C(Nc1ccccc1Oc1ccccc1)c1nc2ccccc2s1. The predicted octanol–water partition coefficient (Wildman–Crippen LogP) is 5.34. The zero-order valence-corrected chi connectivity index (χ0v) is 14.0. The fraction of sp³-hybridized carbons (Fsp3) is 0. The third-order valence-electron chi connectivity index (χ3n) is 3.59. The van der Waals surface area contributed by atoms with E-state index in [9.17, 15) is 4.79 Å². The molecular weight excluding hydrogens is 332 g/mol. The van der Waals surface area contributed by atoms with Gasteiger partial charge in [0.1, 0.15) is 5.75 Å². The highest BCUT2D eigenvalue weighted by Gasteiger charge is 2.14. The molecule has 3 aromatic carbocycles. The van der Waals surface area contributed by atoms with Gasteiger partial charge in [0, 0.05) is 0 Å². The van der Waals surface area contributed by atoms with Crippen molar-refractivity contribution in [2.75, 3.05) is 5.32 Å². The zero-order valence-electron chi connectivity index (χ0n) is 13.2. The van der Waals surface area contributed by atoms with Crippen molar-refractivity contribution in [2.24, 2.45) is 0 Å². The quantitative estimate of drug-likeness (QED) is 0.542. The number of amides is 1. The van der Waals surface area contributed by atoms with Gasteiger partial charge in [0.2, 0.25) is 0 Å². The zero-order chi connectivity index (χ0) is 17.1.